The van der Waals surface area contributed by atoms with Crippen molar-refractivity contribution in [3.63, 3.8) is 0 Å². The van der Waals surface area contributed by atoms with E-state index in [0.29, 0.717) is 46.6 Å². The number of hydrogen-bond acceptors (Lipinski definition) is 6. The highest BCUT2D eigenvalue weighted by atomic mass is 35.5. The van der Waals surface area contributed by atoms with Crippen LogP contribution in [-0.2, 0) is 23.9 Å². The van der Waals surface area contributed by atoms with Crippen LogP contribution in [0.1, 0.15) is 158 Å². The van der Waals surface area contributed by atoms with Gasteiger partial charge in [0.05, 0.1) is 22.6 Å². The van der Waals surface area contributed by atoms with Crippen LogP contribution >= 0.6 is 22.9 Å². The number of carbonyl (C=O) groups excluding carboxylic acids is 2. The molecule has 5 aliphatic carbocycles. The molecule has 6 aliphatic rings. The quantitative estimate of drug-likeness (QED) is 0.187. The van der Waals surface area contributed by atoms with E-state index in [1.54, 1.807) is 13.8 Å². The number of carboxylic acid groups (broad SMARTS) is 1. The minimum atomic E-state index is -1.16. The van der Waals surface area contributed by atoms with E-state index < -0.39 is 17.4 Å². The topological polar surface area (TPSA) is 104 Å². The predicted octanol–water partition coefficient (Wildman–Crippen LogP) is 10.8. The number of allylic oxidation sites excluding steroid dienone is 2. The van der Waals surface area contributed by atoms with Gasteiger partial charge in [0, 0.05) is 22.7 Å². The lowest BCUT2D eigenvalue weighted by atomic mass is 9.28. The van der Waals surface area contributed by atoms with Gasteiger partial charge in [0.25, 0.3) is 0 Å². The van der Waals surface area contributed by atoms with Gasteiger partial charge in [0.2, 0.25) is 0 Å². The number of ether oxygens (including phenoxy) is 2. The van der Waals surface area contributed by atoms with E-state index in [1.165, 1.54) is 16.9 Å². The summed E-state index contributed by atoms with van der Waals surface area (Å²) in [7, 11) is 0. The highest BCUT2D eigenvalue weighted by Crippen LogP contribution is 2.82. The first-order chi connectivity index (χ1) is 25.5. The number of nitrogens with zero attached hydrogens (tertiary/aromatic N) is 1. The SMILES string of the molecule is CCC(C)C12CCC3C4(C)CCC(OC(=O)CC(C)(C)C(=O)O)C(C)(C)C4CCC3(C)C1(C)CCC1(CC3=[N+]=C(c4ccc(Cl)s4)O3)CC(=O)C(C(C)C)=C12. The number of ketones is 1. The molecule has 0 aromatic carbocycles. The molecule has 1 aromatic heterocycles. The molecule has 7 nitrogen and oxygen atoms in total. The molecule has 0 spiro atoms. The van der Waals surface area contributed by atoms with Crippen LogP contribution in [0.2, 0.25) is 4.34 Å². The molecule has 2 heterocycles. The molecule has 1 aliphatic heterocycles. The zero-order valence-electron chi connectivity index (χ0n) is 35.2. The fourth-order valence-electron chi connectivity index (χ4n) is 14.4. The maximum absolute atomic E-state index is 14.5. The zero-order valence-corrected chi connectivity index (χ0v) is 36.8. The van der Waals surface area contributed by atoms with Gasteiger partial charge < -0.3 is 14.6 Å². The van der Waals surface area contributed by atoms with E-state index in [2.05, 4.69) is 62.3 Å². The minimum Gasteiger partial charge on any atom is -0.481 e. The molecule has 55 heavy (non-hydrogen) atoms. The van der Waals surface area contributed by atoms with Gasteiger partial charge in [0.15, 0.2) is 10.7 Å². The Kier molecular flexibility index (Phi) is 9.87. The Labute approximate surface area is 338 Å². The Morgan fingerprint density at radius 3 is 2.29 bits per heavy atom. The first-order valence-corrected chi connectivity index (χ1v) is 22.3. The lowest BCUT2D eigenvalue weighted by Gasteiger charge is -2.76. The van der Waals surface area contributed by atoms with Crippen molar-refractivity contribution in [3.8, 4) is 0 Å². The van der Waals surface area contributed by atoms with Crippen molar-refractivity contribution >= 4 is 52.5 Å². The molecule has 4 fully saturated rings. The fourth-order valence-corrected chi connectivity index (χ4v) is 15.4. The molecule has 9 unspecified atom stereocenters. The first-order valence-electron chi connectivity index (χ1n) is 21.1. The molecule has 0 saturated heterocycles. The van der Waals surface area contributed by atoms with Crippen molar-refractivity contribution in [2.75, 3.05) is 0 Å². The van der Waals surface area contributed by atoms with Gasteiger partial charge in [-0.3, -0.25) is 14.4 Å². The van der Waals surface area contributed by atoms with E-state index in [-0.39, 0.29) is 50.9 Å². The Hall–Kier alpha value is -2.41. The molecule has 0 amide bonds. The van der Waals surface area contributed by atoms with Gasteiger partial charge >= 0.3 is 23.7 Å². The second kappa shape index (κ2) is 13.3. The van der Waals surface area contributed by atoms with Crippen LogP contribution in [0.15, 0.2) is 23.3 Å². The average molecular weight is 796 g/mol. The van der Waals surface area contributed by atoms with E-state index >= 15 is 0 Å². The number of carboxylic acids is 1. The summed E-state index contributed by atoms with van der Waals surface area (Å²) in [5, 5.41) is 9.67. The third kappa shape index (κ3) is 5.75. The Balaban J connectivity index is 1.26. The van der Waals surface area contributed by atoms with Crippen LogP contribution in [0.25, 0.3) is 0 Å². The summed E-state index contributed by atoms with van der Waals surface area (Å²) in [6.45, 7) is 24.9. The Morgan fingerprint density at radius 1 is 1.02 bits per heavy atom. The third-order valence-electron chi connectivity index (χ3n) is 17.4. The van der Waals surface area contributed by atoms with Crippen molar-refractivity contribution < 1.29 is 29.0 Å². The van der Waals surface area contributed by atoms with E-state index in [4.69, 9.17) is 25.7 Å². The van der Waals surface area contributed by atoms with Crippen LogP contribution in [0.4, 0.5) is 0 Å². The van der Waals surface area contributed by atoms with Gasteiger partial charge in [-0.15, -0.1) is 11.3 Å². The average Bonchev–Trinajstić information content (AvgIpc) is 3.63. The first kappa shape index (κ1) is 40.8. The van der Waals surface area contributed by atoms with Crippen LogP contribution in [0.5, 0.6) is 0 Å². The lowest BCUT2D eigenvalue weighted by molar-refractivity contribution is -0.260. The van der Waals surface area contributed by atoms with Gasteiger partial charge in [-0.05, 0) is 133 Å². The normalized spacial score (nSPS) is 38.4. The summed E-state index contributed by atoms with van der Waals surface area (Å²) >= 11 is 7.72. The molecule has 9 heteroatoms. The number of carbonyl (C=O) groups is 3. The lowest BCUT2D eigenvalue weighted by Crippen LogP contribution is -2.70. The summed E-state index contributed by atoms with van der Waals surface area (Å²) in [5.41, 5.74) is 0.807. The molecule has 7 rings (SSSR count). The Morgan fingerprint density at radius 2 is 1.69 bits per heavy atom. The summed E-state index contributed by atoms with van der Waals surface area (Å²) in [6, 6.07) is 3.84. The molecule has 1 N–H and O–H groups in total. The van der Waals surface area contributed by atoms with Crippen molar-refractivity contribution in [2.45, 2.75) is 159 Å². The molecule has 0 radical (unpaired) electrons. The molecule has 1 aromatic rings. The molecule has 302 valence electrons. The van der Waals surface area contributed by atoms with Gasteiger partial charge in [-0.25, -0.2) is 0 Å². The smallest absolute Gasteiger partial charge is 0.481 e. The van der Waals surface area contributed by atoms with Gasteiger partial charge in [-0.2, -0.15) is 0 Å². The number of rotatable bonds is 10. The second-order valence-electron chi connectivity index (χ2n) is 20.9. The number of esters is 1. The zero-order chi connectivity index (χ0) is 40.3. The standard InChI is InChI=1S/C46H64ClNO6S/c1-12-27(4)46-20-16-31-42(9)18-17-32(53-35(50)25-40(5,6)39(51)52)41(7,8)30(42)15-19-43(31,10)44(46,11)21-22-45(23-28(49)36(26(2)3)37(45)46)24-34-48-38(54-34)29-13-14-33(47)55-29/h13-14,26-27,30-32H,12,15-25H2,1-11H3/p+1. The van der Waals surface area contributed by atoms with Gasteiger partial charge in [0.1, 0.15) is 6.10 Å². The maximum atomic E-state index is 14.5. The molecular weight excluding hydrogens is 730 g/mol. The minimum absolute atomic E-state index is 0.0287. The Bertz CT molecular complexity index is 1900. The van der Waals surface area contributed by atoms with Gasteiger partial charge in [-0.1, -0.05) is 80.3 Å². The summed E-state index contributed by atoms with van der Waals surface area (Å²) in [6.07, 6.45) is 10.1. The molecular formula is C46H65ClNO6S+. The largest absolute Gasteiger partial charge is 0.519 e. The van der Waals surface area contributed by atoms with Crippen LogP contribution < -0.4 is 4.67 Å². The highest BCUT2D eigenvalue weighted by Gasteiger charge is 2.76. The van der Waals surface area contributed by atoms with Crippen molar-refractivity contribution in [1.82, 2.24) is 4.67 Å². The van der Waals surface area contributed by atoms with Crippen LogP contribution in [-0.4, -0.2) is 40.7 Å². The van der Waals surface area contributed by atoms with E-state index in [0.717, 1.165) is 74.1 Å². The summed E-state index contributed by atoms with van der Waals surface area (Å²) in [5.74, 6) is 1.72. The van der Waals surface area contributed by atoms with E-state index in [9.17, 15) is 19.5 Å². The van der Waals surface area contributed by atoms with Crippen molar-refractivity contribution in [2.24, 2.45) is 61.6 Å². The predicted molar refractivity (Wildman–Crippen MR) is 220 cm³/mol. The summed E-state index contributed by atoms with van der Waals surface area (Å²) in [4.78, 5) is 40.4. The number of halogens is 1. The van der Waals surface area contributed by atoms with E-state index in [1.807, 2.05) is 12.1 Å². The molecule has 9 atom stereocenters. The number of Topliss-reactive ketones (excluding diaryl/α,β-unsaturated/α-hetero) is 1. The number of hydrogen-bond donors (Lipinski definition) is 1. The highest BCUT2D eigenvalue weighted by molar-refractivity contribution is 7.18. The number of thiophene rings is 1. The maximum Gasteiger partial charge on any atom is 0.519 e. The number of fused-ring (bicyclic) bond motifs is 7. The van der Waals surface area contributed by atoms with Crippen molar-refractivity contribution in [3.05, 3.63) is 32.5 Å². The molecule has 4 saturated carbocycles. The fraction of sp³-hybridized carbons (Fsp3) is 0.761. The summed E-state index contributed by atoms with van der Waals surface area (Å²) < 4.78 is 18.2. The third-order valence-corrected chi connectivity index (χ3v) is 18.6. The van der Waals surface area contributed by atoms with Crippen LogP contribution in [0.3, 0.4) is 0 Å². The van der Waals surface area contributed by atoms with Crippen LogP contribution in [0, 0.1) is 61.6 Å². The monoisotopic (exact) mass is 794 g/mol. The molecule has 0 bridgehead atoms. The van der Waals surface area contributed by atoms with Crippen molar-refractivity contribution in [1.29, 1.82) is 0 Å². The number of aliphatic carboxylic acids is 1. The second-order valence-corrected chi connectivity index (χ2v) is 22.7.